The number of imide groups is 1. The molecule has 2 fully saturated rings. The Hall–Kier alpha value is -2.77. The van der Waals surface area contributed by atoms with Crippen molar-refractivity contribution < 1.29 is 28.5 Å². The average Bonchev–Trinajstić information content (AvgIpc) is 3.56. The lowest BCUT2D eigenvalue weighted by Crippen LogP contribution is -2.33. The Morgan fingerprint density at radius 2 is 1.95 bits per heavy atom. The largest absolute Gasteiger partial charge is 0.471 e. The molecule has 3 aromatic heterocycles. The van der Waals surface area contributed by atoms with Gasteiger partial charge in [0.15, 0.2) is 0 Å². The van der Waals surface area contributed by atoms with Crippen molar-refractivity contribution in [2.24, 2.45) is 5.92 Å². The molecule has 2 aliphatic rings. The van der Waals surface area contributed by atoms with E-state index in [1.54, 1.807) is 23.6 Å². The standard InChI is InChI=1S/C26H28N5O6PS2/c32-25-23(40-26(33)31(25)16-37-38(34,35)36)13-20-8-10-27-24(30-20)12-17-4-6-19(7-5-17)28-14-21-2-1-3-22(29-21)18-9-11-39-15-18/h1-3,8-11,13,15,17,19,28H,4-7,12,14,16H2,(H2,34,35,36)/b23-13-. The van der Waals surface area contributed by atoms with E-state index in [0.29, 0.717) is 40.1 Å². The number of phosphoric ester groups is 1. The molecule has 0 radical (unpaired) electrons. The summed E-state index contributed by atoms with van der Waals surface area (Å²) >= 11 is 2.33. The van der Waals surface area contributed by atoms with Gasteiger partial charge in [0, 0.05) is 36.1 Å². The molecule has 1 saturated carbocycles. The molecule has 0 spiro atoms. The van der Waals surface area contributed by atoms with Gasteiger partial charge in [-0.3, -0.25) is 19.1 Å². The zero-order valence-corrected chi connectivity index (χ0v) is 23.9. The fraction of sp³-hybridized carbons (Fsp3) is 0.346. The quantitative estimate of drug-likeness (QED) is 0.221. The van der Waals surface area contributed by atoms with Crippen LogP contribution in [-0.2, 0) is 26.8 Å². The Kier molecular flexibility index (Phi) is 9.21. The topological polar surface area (TPSA) is 155 Å². The first-order chi connectivity index (χ1) is 19.2. The number of thioether (sulfide) groups is 1. The highest BCUT2D eigenvalue weighted by molar-refractivity contribution is 8.18. The van der Waals surface area contributed by atoms with Gasteiger partial charge >= 0.3 is 7.82 Å². The molecule has 3 aromatic rings. The van der Waals surface area contributed by atoms with Gasteiger partial charge in [0.1, 0.15) is 12.6 Å². The highest BCUT2D eigenvalue weighted by Crippen LogP contribution is 2.38. The summed E-state index contributed by atoms with van der Waals surface area (Å²) in [4.78, 5) is 56.8. The lowest BCUT2D eigenvalue weighted by molar-refractivity contribution is -0.124. The van der Waals surface area contributed by atoms with Crippen LogP contribution in [0.3, 0.4) is 0 Å². The number of hydrogen-bond acceptors (Lipinski definition) is 10. The molecule has 3 N–H and O–H groups in total. The van der Waals surface area contributed by atoms with Crippen molar-refractivity contribution in [3.8, 4) is 11.3 Å². The number of rotatable bonds is 10. The van der Waals surface area contributed by atoms with Crippen molar-refractivity contribution in [2.45, 2.75) is 44.7 Å². The molecule has 2 amide bonds. The molecule has 0 aromatic carbocycles. The molecule has 1 saturated heterocycles. The van der Waals surface area contributed by atoms with Crippen LogP contribution in [0.25, 0.3) is 17.3 Å². The van der Waals surface area contributed by atoms with Crippen molar-refractivity contribution >= 4 is 48.1 Å². The third-order valence-corrected chi connectivity index (χ3v) is 8.79. The molecule has 0 unspecified atom stereocenters. The number of amides is 2. The molecule has 40 heavy (non-hydrogen) atoms. The van der Waals surface area contributed by atoms with E-state index in [9.17, 15) is 14.2 Å². The van der Waals surface area contributed by atoms with Crippen molar-refractivity contribution in [1.29, 1.82) is 0 Å². The lowest BCUT2D eigenvalue weighted by Gasteiger charge is -2.29. The number of phosphoric acid groups is 1. The molecular formula is C26H28N5O6PS2. The zero-order valence-electron chi connectivity index (χ0n) is 21.4. The highest BCUT2D eigenvalue weighted by atomic mass is 32.2. The fourth-order valence-corrected chi connectivity index (χ4v) is 6.43. The monoisotopic (exact) mass is 601 g/mol. The van der Waals surface area contributed by atoms with Crippen LogP contribution in [-0.4, -0.2) is 53.6 Å². The van der Waals surface area contributed by atoms with Gasteiger partial charge in [0.2, 0.25) is 0 Å². The Balaban J connectivity index is 1.11. The van der Waals surface area contributed by atoms with Crippen molar-refractivity contribution in [3.05, 3.63) is 69.4 Å². The summed E-state index contributed by atoms with van der Waals surface area (Å²) in [5, 5.41) is 7.15. The van der Waals surface area contributed by atoms with E-state index >= 15 is 0 Å². The van der Waals surface area contributed by atoms with Gasteiger partial charge in [-0.1, -0.05) is 6.07 Å². The Bertz CT molecular complexity index is 1440. The Morgan fingerprint density at radius 1 is 1.12 bits per heavy atom. The number of aromatic nitrogens is 3. The fourth-order valence-electron chi connectivity index (χ4n) is 4.70. The number of hydrogen-bond donors (Lipinski definition) is 3. The SMILES string of the molecule is O=C1S/C(=C\c2ccnc(CC3CCC(NCc4cccc(-c5ccsc5)n4)CC3)n2)C(=O)N1COP(=O)(O)O. The number of nitrogens with zero attached hydrogens (tertiary/aromatic N) is 4. The summed E-state index contributed by atoms with van der Waals surface area (Å²) in [5.41, 5.74) is 3.66. The number of nitrogens with one attached hydrogen (secondary N) is 1. The molecule has 11 nitrogen and oxygen atoms in total. The minimum absolute atomic E-state index is 0.103. The van der Waals surface area contributed by atoms with E-state index in [1.165, 1.54) is 6.08 Å². The van der Waals surface area contributed by atoms with Gasteiger partial charge in [-0.25, -0.2) is 19.4 Å². The van der Waals surface area contributed by atoms with E-state index in [2.05, 4.69) is 42.7 Å². The highest BCUT2D eigenvalue weighted by Gasteiger charge is 2.36. The van der Waals surface area contributed by atoms with Gasteiger partial charge in [-0.05, 0) is 79.1 Å². The van der Waals surface area contributed by atoms with E-state index in [1.807, 2.05) is 12.1 Å². The van der Waals surface area contributed by atoms with Gasteiger partial charge < -0.3 is 15.1 Å². The van der Waals surface area contributed by atoms with Crippen LogP contribution < -0.4 is 5.32 Å². The normalized spacial score (nSPS) is 20.9. The van der Waals surface area contributed by atoms with Crippen LogP contribution >= 0.6 is 30.9 Å². The molecule has 210 valence electrons. The van der Waals surface area contributed by atoms with E-state index < -0.39 is 25.7 Å². The second kappa shape index (κ2) is 12.8. The molecular weight excluding hydrogens is 573 g/mol. The van der Waals surface area contributed by atoms with Crippen LogP contribution in [0.4, 0.5) is 4.79 Å². The van der Waals surface area contributed by atoms with Crippen molar-refractivity contribution in [1.82, 2.24) is 25.2 Å². The number of thiophene rings is 1. The third kappa shape index (κ3) is 7.70. The van der Waals surface area contributed by atoms with Crippen molar-refractivity contribution in [2.75, 3.05) is 6.73 Å². The second-order valence-electron chi connectivity index (χ2n) is 9.59. The summed E-state index contributed by atoms with van der Waals surface area (Å²) in [7, 11) is -4.82. The van der Waals surface area contributed by atoms with Crippen LogP contribution in [0.5, 0.6) is 0 Å². The molecule has 0 atom stereocenters. The lowest BCUT2D eigenvalue weighted by atomic mass is 9.84. The molecule has 1 aliphatic carbocycles. The van der Waals surface area contributed by atoms with E-state index in [4.69, 9.17) is 14.8 Å². The first kappa shape index (κ1) is 28.7. The first-order valence-electron chi connectivity index (χ1n) is 12.7. The van der Waals surface area contributed by atoms with E-state index in [-0.39, 0.29) is 4.91 Å². The molecule has 1 aliphatic heterocycles. The summed E-state index contributed by atoms with van der Waals surface area (Å²) in [6, 6.07) is 10.3. The average molecular weight is 602 g/mol. The van der Waals surface area contributed by atoms with E-state index in [0.717, 1.165) is 55.6 Å². The van der Waals surface area contributed by atoms with Crippen LogP contribution in [0.15, 0.2) is 52.2 Å². The third-order valence-electron chi connectivity index (χ3n) is 6.75. The Labute approximate surface area is 239 Å². The number of carbonyl (C=O) groups excluding carboxylic acids is 2. The molecule has 4 heterocycles. The maximum Gasteiger partial charge on any atom is 0.471 e. The maximum atomic E-state index is 12.5. The van der Waals surface area contributed by atoms with Crippen LogP contribution in [0, 0.1) is 5.92 Å². The molecule has 0 bridgehead atoms. The molecule has 14 heteroatoms. The van der Waals surface area contributed by atoms with Gasteiger partial charge in [-0.15, -0.1) is 0 Å². The second-order valence-corrected chi connectivity index (χ2v) is 12.6. The van der Waals surface area contributed by atoms with Crippen molar-refractivity contribution in [3.63, 3.8) is 0 Å². The van der Waals surface area contributed by atoms with Crippen LogP contribution in [0.2, 0.25) is 0 Å². The summed E-state index contributed by atoms with van der Waals surface area (Å²) in [5.74, 6) is 0.428. The first-order valence-corrected chi connectivity index (χ1v) is 16.0. The summed E-state index contributed by atoms with van der Waals surface area (Å²) < 4.78 is 15.2. The van der Waals surface area contributed by atoms with Gasteiger partial charge in [0.05, 0.1) is 22.0 Å². The predicted octanol–water partition coefficient (Wildman–Crippen LogP) is 4.59. The number of carbonyl (C=O) groups is 2. The summed E-state index contributed by atoms with van der Waals surface area (Å²) in [6.45, 7) is -0.0912. The Morgan fingerprint density at radius 3 is 2.70 bits per heavy atom. The zero-order chi connectivity index (χ0) is 28.1. The minimum Gasteiger partial charge on any atom is -0.308 e. The smallest absolute Gasteiger partial charge is 0.308 e. The van der Waals surface area contributed by atoms with Crippen LogP contribution in [0.1, 0.15) is 42.9 Å². The predicted molar refractivity (Wildman–Crippen MR) is 152 cm³/mol. The molecule has 5 rings (SSSR count). The number of pyridine rings is 1. The maximum absolute atomic E-state index is 12.5. The summed E-state index contributed by atoms with van der Waals surface area (Å²) in [6.07, 6.45) is 8.03. The van der Waals surface area contributed by atoms with Gasteiger partial charge in [0.25, 0.3) is 11.1 Å². The van der Waals surface area contributed by atoms with Gasteiger partial charge in [-0.2, -0.15) is 11.3 Å². The minimum atomic E-state index is -4.82.